The SMILES string of the molecule is CCC1CCc2[nH]c(=O)c(-c3noc(Cc4ccc(O)cc4Cl)n3)cc2C1. The summed E-state index contributed by atoms with van der Waals surface area (Å²) in [5.74, 6) is 1.39. The van der Waals surface area contributed by atoms with Crippen molar-refractivity contribution in [3.8, 4) is 17.1 Å². The van der Waals surface area contributed by atoms with Crippen LogP contribution in [0.2, 0.25) is 5.02 Å². The third-order valence-electron chi connectivity index (χ3n) is 5.19. The predicted octanol–water partition coefficient (Wildman–Crippen LogP) is 3.89. The molecule has 2 heterocycles. The minimum absolute atomic E-state index is 0.0981. The molecule has 7 heteroatoms. The number of fused-ring (bicyclic) bond motifs is 1. The Bertz CT molecular complexity index is 1040. The number of aryl methyl sites for hydroxylation is 1. The molecule has 6 nitrogen and oxygen atoms in total. The van der Waals surface area contributed by atoms with Crippen molar-refractivity contribution < 1.29 is 9.63 Å². The van der Waals surface area contributed by atoms with Gasteiger partial charge in [0.15, 0.2) is 0 Å². The van der Waals surface area contributed by atoms with Crippen molar-refractivity contribution in [3.63, 3.8) is 0 Å². The van der Waals surface area contributed by atoms with Gasteiger partial charge in [-0.05, 0) is 54.5 Å². The summed E-state index contributed by atoms with van der Waals surface area (Å²) in [5.41, 5.74) is 3.18. The summed E-state index contributed by atoms with van der Waals surface area (Å²) in [4.78, 5) is 19.8. The standard InChI is InChI=1S/C20H20ClN3O3/c1-2-11-3-6-17-13(7-11)8-15(20(26)22-17)19-23-18(27-24-19)9-12-4-5-14(25)10-16(12)21/h4-5,8,10-11,25H,2-3,6-7,9H2,1H3,(H,22,26). The van der Waals surface area contributed by atoms with Gasteiger partial charge < -0.3 is 14.6 Å². The zero-order chi connectivity index (χ0) is 19.0. The number of benzene rings is 1. The van der Waals surface area contributed by atoms with Gasteiger partial charge in [0.25, 0.3) is 5.56 Å². The number of hydrogen-bond acceptors (Lipinski definition) is 5. The normalized spacial score (nSPS) is 16.3. The second-order valence-corrected chi connectivity index (χ2v) is 7.40. The van der Waals surface area contributed by atoms with Crippen LogP contribution >= 0.6 is 11.6 Å². The first-order valence-corrected chi connectivity index (χ1v) is 9.46. The highest BCUT2D eigenvalue weighted by Gasteiger charge is 2.21. The molecule has 0 fully saturated rings. The number of aromatic nitrogens is 3. The molecule has 2 N–H and O–H groups in total. The van der Waals surface area contributed by atoms with Crippen molar-refractivity contribution in [3.05, 3.63) is 62.4 Å². The minimum Gasteiger partial charge on any atom is -0.508 e. The lowest BCUT2D eigenvalue weighted by molar-refractivity contribution is 0.385. The van der Waals surface area contributed by atoms with Crippen molar-refractivity contribution in [1.82, 2.24) is 15.1 Å². The maximum Gasteiger partial charge on any atom is 0.259 e. The monoisotopic (exact) mass is 385 g/mol. The molecule has 140 valence electrons. The van der Waals surface area contributed by atoms with Gasteiger partial charge >= 0.3 is 0 Å². The van der Waals surface area contributed by atoms with Gasteiger partial charge in [0.1, 0.15) is 5.75 Å². The van der Waals surface area contributed by atoms with Crippen LogP contribution in [0.25, 0.3) is 11.4 Å². The summed E-state index contributed by atoms with van der Waals surface area (Å²) in [7, 11) is 0. The number of aromatic hydroxyl groups is 1. The Morgan fingerprint density at radius 1 is 1.37 bits per heavy atom. The highest BCUT2D eigenvalue weighted by molar-refractivity contribution is 6.31. The van der Waals surface area contributed by atoms with Crippen LogP contribution in [-0.2, 0) is 19.3 Å². The van der Waals surface area contributed by atoms with Gasteiger partial charge in [-0.2, -0.15) is 4.98 Å². The summed E-state index contributed by atoms with van der Waals surface area (Å²) in [6.45, 7) is 2.20. The van der Waals surface area contributed by atoms with Crippen LogP contribution in [0.5, 0.6) is 5.75 Å². The molecule has 3 aromatic rings. The highest BCUT2D eigenvalue weighted by Crippen LogP contribution is 2.28. The maximum absolute atomic E-state index is 12.5. The molecule has 1 aliphatic rings. The van der Waals surface area contributed by atoms with E-state index >= 15 is 0 Å². The van der Waals surface area contributed by atoms with Crippen molar-refractivity contribution in [2.24, 2.45) is 5.92 Å². The quantitative estimate of drug-likeness (QED) is 0.710. The van der Waals surface area contributed by atoms with Crippen LogP contribution in [0, 0.1) is 5.92 Å². The zero-order valence-electron chi connectivity index (χ0n) is 15.0. The molecule has 4 rings (SSSR count). The number of phenols is 1. The van der Waals surface area contributed by atoms with Crippen LogP contribution < -0.4 is 5.56 Å². The lowest BCUT2D eigenvalue weighted by atomic mass is 9.84. The fourth-order valence-electron chi connectivity index (χ4n) is 3.57. The lowest BCUT2D eigenvalue weighted by Gasteiger charge is -2.23. The number of hydrogen-bond donors (Lipinski definition) is 2. The van der Waals surface area contributed by atoms with Gasteiger partial charge in [-0.1, -0.05) is 36.2 Å². The van der Waals surface area contributed by atoms with Gasteiger partial charge in [0.05, 0.1) is 12.0 Å². The van der Waals surface area contributed by atoms with Crippen molar-refractivity contribution in [1.29, 1.82) is 0 Å². The van der Waals surface area contributed by atoms with E-state index in [4.69, 9.17) is 16.1 Å². The summed E-state index contributed by atoms with van der Waals surface area (Å²) in [5, 5.41) is 13.8. The average Bonchev–Trinajstić information content (AvgIpc) is 3.11. The Morgan fingerprint density at radius 2 is 2.22 bits per heavy atom. The van der Waals surface area contributed by atoms with E-state index in [1.165, 1.54) is 6.07 Å². The van der Waals surface area contributed by atoms with Crippen molar-refractivity contribution >= 4 is 11.6 Å². The van der Waals surface area contributed by atoms with Crippen molar-refractivity contribution in [2.45, 2.75) is 39.0 Å². The zero-order valence-corrected chi connectivity index (χ0v) is 15.7. The van der Waals surface area contributed by atoms with Crippen LogP contribution in [0.1, 0.15) is 42.5 Å². The number of nitrogens with one attached hydrogen (secondary N) is 1. The molecule has 1 atom stereocenters. The third kappa shape index (κ3) is 3.62. The van der Waals surface area contributed by atoms with Gasteiger partial charge in [0.2, 0.25) is 11.7 Å². The largest absolute Gasteiger partial charge is 0.508 e. The second kappa shape index (κ2) is 7.19. The van der Waals surface area contributed by atoms with E-state index < -0.39 is 0 Å². The van der Waals surface area contributed by atoms with E-state index in [0.717, 1.165) is 42.5 Å². The minimum atomic E-state index is -0.196. The van der Waals surface area contributed by atoms with E-state index in [9.17, 15) is 9.90 Å². The Hall–Kier alpha value is -2.60. The average molecular weight is 386 g/mol. The van der Waals surface area contributed by atoms with Gasteiger partial charge in [-0.15, -0.1) is 0 Å². The number of rotatable bonds is 4. The fourth-order valence-corrected chi connectivity index (χ4v) is 3.81. The number of pyridine rings is 1. The summed E-state index contributed by atoms with van der Waals surface area (Å²) < 4.78 is 5.31. The van der Waals surface area contributed by atoms with Crippen LogP contribution in [0.15, 0.2) is 33.6 Å². The fraction of sp³-hybridized carbons (Fsp3) is 0.350. The summed E-state index contributed by atoms with van der Waals surface area (Å²) in [6, 6.07) is 6.62. The van der Waals surface area contributed by atoms with E-state index in [-0.39, 0.29) is 17.1 Å². The van der Waals surface area contributed by atoms with Crippen molar-refractivity contribution in [2.75, 3.05) is 0 Å². The molecular weight excluding hydrogens is 366 g/mol. The number of nitrogens with zero attached hydrogens (tertiary/aromatic N) is 2. The van der Waals surface area contributed by atoms with Crippen LogP contribution in [0.3, 0.4) is 0 Å². The highest BCUT2D eigenvalue weighted by atomic mass is 35.5. The molecule has 0 spiro atoms. The van der Waals surface area contributed by atoms with E-state index in [1.807, 2.05) is 6.07 Å². The predicted molar refractivity (Wildman–Crippen MR) is 102 cm³/mol. The smallest absolute Gasteiger partial charge is 0.259 e. The summed E-state index contributed by atoms with van der Waals surface area (Å²) in [6.07, 6.45) is 4.43. The van der Waals surface area contributed by atoms with Gasteiger partial charge in [-0.25, -0.2) is 0 Å². The number of aromatic amines is 1. The van der Waals surface area contributed by atoms with Crippen LogP contribution in [0.4, 0.5) is 0 Å². The van der Waals surface area contributed by atoms with Gasteiger partial charge in [0, 0.05) is 10.7 Å². The molecule has 1 aliphatic carbocycles. The van der Waals surface area contributed by atoms with E-state index in [2.05, 4.69) is 22.0 Å². The molecular formula is C20H20ClN3O3. The second-order valence-electron chi connectivity index (χ2n) is 7.00. The molecule has 1 unspecified atom stereocenters. The van der Waals surface area contributed by atoms with E-state index in [0.29, 0.717) is 28.8 Å². The molecule has 0 saturated heterocycles. The number of phenolic OH excluding ortho intramolecular Hbond substituents is 1. The molecule has 0 aliphatic heterocycles. The molecule has 0 radical (unpaired) electrons. The first-order chi connectivity index (χ1) is 13.0. The Labute approximate surface area is 161 Å². The number of H-pyrrole nitrogens is 1. The molecule has 27 heavy (non-hydrogen) atoms. The first-order valence-electron chi connectivity index (χ1n) is 9.09. The Balaban J connectivity index is 1.62. The van der Waals surface area contributed by atoms with E-state index in [1.54, 1.807) is 12.1 Å². The molecule has 0 bridgehead atoms. The van der Waals surface area contributed by atoms with Crippen LogP contribution in [-0.4, -0.2) is 20.2 Å². The Kier molecular flexibility index (Phi) is 4.74. The molecule has 0 amide bonds. The Morgan fingerprint density at radius 3 is 3.00 bits per heavy atom. The first kappa shape index (κ1) is 17.8. The third-order valence-corrected chi connectivity index (χ3v) is 5.54. The molecule has 0 saturated carbocycles. The molecule has 2 aromatic heterocycles. The topological polar surface area (TPSA) is 92.0 Å². The lowest BCUT2D eigenvalue weighted by Crippen LogP contribution is -2.21. The number of halogens is 1. The van der Waals surface area contributed by atoms with Gasteiger partial charge in [-0.3, -0.25) is 4.79 Å². The maximum atomic E-state index is 12.5. The summed E-state index contributed by atoms with van der Waals surface area (Å²) >= 11 is 6.13. The molecule has 1 aromatic carbocycles.